The van der Waals surface area contributed by atoms with Crippen molar-refractivity contribution in [1.29, 1.82) is 0 Å². The smallest absolute Gasteiger partial charge is 0.326 e. The number of anilines is 1. The third-order valence-electron chi connectivity index (χ3n) is 5.60. The minimum atomic E-state index is -4.50. The van der Waals surface area contributed by atoms with Gasteiger partial charge in [-0.1, -0.05) is 18.2 Å². The van der Waals surface area contributed by atoms with Crippen LogP contribution >= 0.6 is 0 Å². The molecule has 1 aromatic rings. The van der Waals surface area contributed by atoms with Crippen LogP contribution in [0.5, 0.6) is 0 Å². The zero-order valence-electron chi connectivity index (χ0n) is 14.2. The van der Waals surface area contributed by atoms with Crippen LogP contribution in [0.4, 0.5) is 18.9 Å². The molecule has 1 saturated heterocycles. The molecule has 2 fully saturated rings. The van der Waals surface area contributed by atoms with E-state index in [9.17, 15) is 27.6 Å². The van der Waals surface area contributed by atoms with Crippen molar-refractivity contribution in [1.82, 2.24) is 4.90 Å². The minimum Gasteiger partial charge on any atom is -0.326 e. The van der Waals surface area contributed by atoms with Gasteiger partial charge in [-0.2, -0.15) is 13.2 Å². The minimum absolute atomic E-state index is 0.0213. The van der Waals surface area contributed by atoms with Crippen molar-refractivity contribution < 1.29 is 27.6 Å². The first-order valence-corrected chi connectivity index (χ1v) is 8.76. The summed E-state index contributed by atoms with van der Waals surface area (Å²) in [6.07, 6.45) is 0.147. The Hall–Kier alpha value is -2.64. The van der Waals surface area contributed by atoms with Gasteiger partial charge in [-0.05, 0) is 36.5 Å². The number of amides is 3. The molecule has 4 rings (SSSR count). The number of rotatable bonds is 4. The van der Waals surface area contributed by atoms with Crippen LogP contribution in [-0.2, 0) is 20.6 Å². The third-order valence-corrected chi connectivity index (χ3v) is 5.60. The summed E-state index contributed by atoms with van der Waals surface area (Å²) >= 11 is 0. The van der Waals surface area contributed by atoms with Crippen LogP contribution in [0, 0.1) is 23.7 Å². The number of nitrogens with one attached hydrogen (secondary N) is 1. The first kappa shape index (κ1) is 17.8. The first-order chi connectivity index (χ1) is 12.8. The number of alkyl halides is 3. The van der Waals surface area contributed by atoms with Crippen molar-refractivity contribution in [3.63, 3.8) is 0 Å². The molecule has 0 radical (unpaired) electrons. The van der Waals surface area contributed by atoms with Crippen LogP contribution < -0.4 is 5.32 Å². The van der Waals surface area contributed by atoms with Gasteiger partial charge in [0.15, 0.2) is 0 Å². The largest absolute Gasteiger partial charge is 0.416 e. The number of hydrogen-bond donors (Lipinski definition) is 1. The van der Waals surface area contributed by atoms with Gasteiger partial charge < -0.3 is 5.32 Å². The Kier molecular flexibility index (Phi) is 4.09. The van der Waals surface area contributed by atoms with Crippen molar-refractivity contribution >= 4 is 23.4 Å². The van der Waals surface area contributed by atoms with Gasteiger partial charge in [0.2, 0.25) is 17.7 Å². The Bertz CT molecular complexity index is 819. The molecule has 5 nitrogen and oxygen atoms in total. The highest BCUT2D eigenvalue weighted by Crippen LogP contribution is 2.52. The molecule has 1 aliphatic heterocycles. The number of carbonyl (C=O) groups is 3. The van der Waals surface area contributed by atoms with Crippen molar-refractivity contribution in [2.24, 2.45) is 23.7 Å². The zero-order valence-corrected chi connectivity index (χ0v) is 14.2. The maximum atomic E-state index is 12.7. The van der Waals surface area contributed by atoms with Gasteiger partial charge in [-0.15, -0.1) is 0 Å². The summed E-state index contributed by atoms with van der Waals surface area (Å²) < 4.78 is 38.2. The van der Waals surface area contributed by atoms with E-state index in [0.717, 1.165) is 23.5 Å². The van der Waals surface area contributed by atoms with Crippen LogP contribution in [0.25, 0.3) is 0 Å². The molecular formula is C19H17F3N2O3. The average Bonchev–Trinajstić information content (AvgIpc) is 3.27. The van der Waals surface area contributed by atoms with E-state index in [4.69, 9.17) is 0 Å². The van der Waals surface area contributed by atoms with Crippen LogP contribution in [-0.4, -0.2) is 29.2 Å². The van der Waals surface area contributed by atoms with Gasteiger partial charge in [0, 0.05) is 18.7 Å². The molecule has 3 aliphatic rings. The fourth-order valence-corrected chi connectivity index (χ4v) is 4.39. The summed E-state index contributed by atoms with van der Waals surface area (Å²) in [5.74, 6) is -1.48. The molecule has 1 heterocycles. The Morgan fingerprint density at radius 1 is 1.11 bits per heavy atom. The van der Waals surface area contributed by atoms with Gasteiger partial charge in [0.1, 0.15) is 0 Å². The highest BCUT2D eigenvalue weighted by molar-refractivity contribution is 6.06. The lowest BCUT2D eigenvalue weighted by molar-refractivity contribution is -0.141. The second kappa shape index (κ2) is 6.21. The van der Waals surface area contributed by atoms with Gasteiger partial charge in [0.05, 0.1) is 17.4 Å². The maximum absolute atomic E-state index is 12.7. The van der Waals surface area contributed by atoms with E-state index in [1.807, 2.05) is 12.2 Å². The van der Waals surface area contributed by atoms with Crippen molar-refractivity contribution in [2.45, 2.75) is 19.0 Å². The summed E-state index contributed by atoms with van der Waals surface area (Å²) in [5.41, 5.74) is -0.839. The quantitative estimate of drug-likeness (QED) is 0.647. The molecule has 2 bridgehead atoms. The second-order valence-electron chi connectivity index (χ2n) is 7.20. The highest BCUT2D eigenvalue weighted by atomic mass is 19.4. The van der Waals surface area contributed by atoms with E-state index in [0.29, 0.717) is 0 Å². The Morgan fingerprint density at radius 2 is 1.74 bits per heavy atom. The number of halogens is 3. The predicted octanol–water partition coefficient (Wildman–Crippen LogP) is 2.84. The number of carbonyl (C=O) groups excluding carboxylic acids is 3. The molecule has 0 unspecified atom stereocenters. The molecule has 1 saturated carbocycles. The van der Waals surface area contributed by atoms with Crippen molar-refractivity contribution in [3.8, 4) is 0 Å². The first-order valence-electron chi connectivity index (χ1n) is 8.76. The number of allylic oxidation sites excluding steroid dienone is 2. The van der Waals surface area contributed by atoms with E-state index in [1.165, 1.54) is 12.1 Å². The predicted molar refractivity (Wildman–Crippen MR) is 89.1 cm³/mol. The topological polar surface area (TPSA) is 66.5 Å². The molecule has 1 aromatic carbocycles. The molecule has 8 heteroatoms. The number of fused-ring (bicyclic) bond motifs is 5. The highest BCUT2D eigenvalue weighted by Gasteiger charge is 2.59. The lowest BCUT2D eigenvalue weighted by Gasteiger charge is -2.17. The fraction of sp³-hybridized carbons (Fsp3) is 0.421. The molecular weight excluding hydrogens is 361 g/mol. The van der Waals surface area contributed by atoms with E-state index in [2.05, 4.69) is 5.32 Å². The summed E-state index contributed by atoms with van der Waals surface area (Å²) in [6, 6.07) is 4.32. The van der Waals surface area contributed by atoms with E-state index >= 15 is 0 Å². The lowest BCUT2D eigenvalue weighted by Crippen LogP contribution is -2.35. The number of likely N-dealkylation sites (tertiary alicyclic amines) is 1. The van der Waals surface area contributed by atoms with Crippen LogP contribution in [0.1, 0.15) is 18.4 Å². The lowest BCUT2D eigenvalue weighted by atomic mass is 9.85. The Morgan fingerprint density at radius 3 is 2.33 bits per heavy atom. The Labute approximate surface area is 153 Å². The number of hydrogen-bond acceptors (Lipinski definition) is 3. The van der Waals surface area contributed by atoms with Gasteiger partial charge in [-0.25, -0.2) is 0 Å². The van der Waals surface area contributed by atoms with Gasteiger partial charge in [-0.3, -0.25) is 19.3 Å². The molecule has 142 valence electrons. The second-order valence-corrected chi connectivity index (χ2v) is 7.20. The summed E-state index contributed by atoms with van der Waals surface area (Å²) in [7, 11) is 0. The standard InChI is InChI=1S/C19H17F3N2O3/c20-19(21,22)12-2-1-3-13(9-12)23-14(25)6-7-24-17(26)15-10-4-5-11(8-10)16(15)18(24)27/h1-5,9-11,15-16H,6-8H2,(H,23,25)/t10-,11+,15-,16-/m0/s1. The van der Waals surface area contributed by atoms with Crippen molar-refractivity contribution in [3.05, 3.63) is 42.0 Å². The monoisotopic (exact) mass is 378 g/mol. The molecule has 27 heavy (non-hydrogen) atoms. The molecule has 1 N–H and O–H groups in total. The molecule has 4 atom stereocenters. The van der Waals surface area contributed by atoms with Crippen molar-refractivity contribution in [2.75, 3.05) is 11.9 Å². The summed E-state index contributed by atoms with van der Waals surface area (Å²) in [6.45, 7) is -0.0606. The Balaban J connectivity index is 1.37. The van der Waals surface area contributed by atoms with E-state index < -0.39 is 17.6 Å². The zero-order chi connectivity index (χ0) is 19.3. The van der Waals surface area contributed by atoms with E-state index in [-0.39, 0.29) is 54.1 Å². The van der Waals surface area contributed by atoms with Gasteiger partial charge in [0.25, 0.3) is 0 Å². The summed E-state index contributed by atoms with van der Waals surface area (Å²) in [5, 5.41) is 2.39. The van der Waals surface area contributed by atoms with Crippen LogP contribution in [0.15, 0.2) is 36.4 Å². The normalized spacial score (nSPS) is 28.8. The molecule has 0 aromatic heterocycles. The molecule has 0 spiro atoms. The number of nitrogens with zero attached hydrogens (tertiary/aromatic N) is 1. The van der Waals surface area contributed by atoms with E-state index in [1.54, 1.807) is 0 Å². The third kappa shape index (κ3) is 3.02. The molecule has 2 aliphatic carbocycles. The fourth-order valence-electron chi connectivity index (χ4n) is 4.39. The number of imide groups is 1. The molecule has 3 amide bonds. The average molecular weight is 378 g/mol. The maximum Gasteiger partial charge on any atom is 0.416 e. The van der Waals surface area contributed by atoms with Crippen LogP contribution in [0.3, 0.4) is 0 Å². The SMILES string of the molecule is O=C(CCN1C(=O)[C@@H]2[C@@H](C1=O)[C@H]1C=C[C@@H]2C1)Nc1cccc(C(F)(F)F)c1. The summed E-state index contributed by atoms with van der Waals surface area (Å²) in [4.78, 5) is 38.3. The van der Waals surface area contributed by atoms with Crippen LogP contribution in [0.2, 0.25) is 0 Å². The van der Waals surface area contributed by atoms with Gasteiger partial charge >= 0.3 is 6.18 Å². The number of benzene rings is 1.